The van der Waals surface area contributed by atoms with E-state index in [9.17, 15) is 19.5 Å². The summed E-state index contributed by atoms with van der Waals surface area (Å²) < 4.78 is 5.83. The van der Waals surface area contributed by atoms with Gasteiger partial charge in [0.25, 0.3) is 5.91 Å². The molecule has 9 rings (SSSR count). The third-order valence-corrected chi connectivity index (χ3v) is 13.4. The maximum Gasteiger partial charge on any atom is 0.255 e. The molecule has 5 aliphatic heterocycles. The minimum absolute atomic E-state index is 0.120. The molecule has 0 bridgehead atoms. The Morgan fingerprint density at radius 2 is 1.49 bits per heavy atom. The van der Waals surface area contributed by atoms with Crippen molar-refractivity contribution in [2.45, 2.75) is 69.9 Å². The van der Waals surface area contributed by atoms with Crippen LogP contribution in [0.5, 0.6) is 5.75 Å². The lowest BCUT2D eigenvalue weighted by molar-refractivity contribution is -0.136. The van der Waals surface area contributed by atoms with Crippen LogP contribution in [0.4, 0.5) is 11.4 Å². The first kappa shape index (κ1) is 34.4. The number of piperazine rings is 1. The third-order valence-electron chi connectivity index (χ3n) is 13.4. The highest BCUT2D eigenvalue weighted by Crippen LogP contribution is 2.55. The lowest BCUT2D eigenvalue weighted by atomic mass is 9.58. The van der Waals surface area contributed by atoms with Gasteiger partial charge in [0, 0.05) is 94.8 Å². The Morgan fingerprint density at radius 1 is 0.755 bits per heavy atom. The first-order valence-corrected chi connectivity index (χ1v) is 19.8. The zero-order valence-corrected chi connectivity index (χ0v) is 30.6. The molecule has 1 aliphatic carbocycles. The number of rotatable bonds is 6. The second-order valence-electron chi connectivity index (χ2n) is 16.3. The van der Waals surface area contributed by atoms with Gasteiger partial charge in [-0.2, -0.15) is 0 Å². The van der Waals surface area contributed by atoms with Gasteiger partial charge in [-0.05, 0) is 121 Å². The molecule has 3 aromatic rings. The topological polar surface area (TPSA) is 106 Å². The average Bonchev–Trinajstić information content (AvgIpc) is 3.51. The van der Waals surface area contributed by atoms with Gasteiger partial charge < -0.3 is 24.5 Å². The van der Waals surface area contributed by atoms with Crippen molar-refractivity contribution in [1.82, 2.24) is 15.1 Å². The Kier molecular flexibility index (Phi) is 9.14. The van der Waals surface area contributed by atoms with Gasteiger partial charge in [-0.25, -0.2) is 0 Å². The van der Waals surface area contributed by atoms with Crippen molar-refractivity contribution in [2.24, 2.45) is 11.3 Å². The van der Waals surface area contributed by atoms with Gasteiger partial charge in [0.2, 0.25) is 11.8 Å². The fourth-order valence-corrected chi connectivity index (χ4v) is 10.4. The molecule has 1 spiro atoms. The van der Waals surface area contributed by atoms with Crippen molar-refractivity contribution in [3.05, 3.63) is 88.5 Å². The molecule has 4 saturated heterocycles. The van der Waals surface area contributed by atoms with Crippen LogP contribution in [0.25, 0.3) is 0 Å². The van der Waals surface area contributed by atoms with E-state index < -0.39 is 6.04 Å². The van der Waals surface area contributed by atoms with E-state index >= 15 is 0 Å². The number of aromatic hydroxyl groups is 1. The Morgan fingerprint density at radius 3 is 2.25 bits per heavy atom. The number of phenols is 1. The van der Waals surface area contributed by atoms with E-state index in [4.69, 9.17) is 4.74 Å². The second kappa shape index (κ2) is 14.1. The number of nitrogens with one attached hydrogen (secondary N) is 1. The monoisotopic (exact) mass is 717 g/mol. The Balaban J connectivity index is 0.776. The molecule has 10 heteroatoms. The molecule has 3 amide bonds. The summed E-state index contributed by atoms with van der Waals surface area (Å²) in [5.74, 6) is 0.641. The van der Waals surface area contributed by atoms with E-state index in [0.29, 0.717) is 36.1 Å². The van der Waals surface area contributed by atoms with E-state index in [1.165, 1.54) is 35.2 Å². The van der Waals surface area contributed by atoms with Crippen LogP contribution >= 0.6 is 0 Å². The Bertz CT molecular complexity index is 1870. The molecule has 1 unspecified atom stereocenters. The van der Waals surface area contributed by atoms with Crippen molar-refractivity contribution in [3.63, 3.8) is 0 Å². The third kappa shape index (κ3) is 6.58. The van der Waals surface area contributed by atoms with Crippen molar-refractivity contribution in [2.75, 3.05) is 68.8 Å². The number of aryl methyl sites for hydroxylation is 1. The fraction of sp³-hybridized carbons (Fsp3) is 0.512. The number of phenolic OH excluding ortho intramolecular Hbond substituents is 1. The number of piperidine rings is 2. The number of carbonyl (C=O) groups is 3. The maximum absolute atomic E-state index is 13.1. The van der Waals surface area contributed by atoms with Crippen LogP contribution < -0.4 is 15.1 Å². The molecule has 3 aromatic carbocycles. The van der Waals surface area contributed by atoms with Gasteiger partial charge in [-0.15, -0.1) is 0 Å². The van der Waals surface area contributed by atoms with Gasteiger partial charge in [-0.3, -0.25) is 24.6 Å². The largest absolute Gasteiger partial charge is 0.508 e. The predicted octanol–water partition coefficient (Wildman–Crippen LogP) is 5.07. The lowest BCUT2D eigenvalue weighted by Crippen LogP contribution is -2.52. The first-order chi connectivity index (χ1) is 25.8. The summed E-state index contributed by atoms with van der Waals surface area (Å²) in [6.45, 7) is 9.34. The molecule has 6 aliphatic rings. The number of amides is 3. The maximum atomic E-state index is 13.1. The second-order valence-corrected chi connectivity index (χ2v) is 16.3. The van der Waals surface area contributed by atoms with Crippen molar-refractivity contribution in [1.29, 1.82) is 0 Å². The van der Waals surface area contributed by atoms with E-state index in [1.807, 2.05) is 24.3 Å². The van der Waals surface area contributed by atoms with Crippen molar-refractivity contribution in [3.8, 4) is 5.75 Å². The number of ether oxygens (including phenoxy) is 1. The summed E-state index contributed by atoms with van der Waals surface area (Å²) in [6, 6.07) is 20.9. The Hall–Kier alpha value is -4.41. The number of benzene rings is 3. The predicted molar refractivity (Wildman–Crippen MR) is 203 cm³/mol. The highest BCUT2D eigenvalue weighted by Gasteiger charge is 2.45. The number of anilines is 2. The molecule has 0 radical (unpaired) electrons. The number of carbonyl (C=O) groups excluding carboxylic acids is 3. The number of hydrogen-bond donors (Lipinski definition) is 2. The minimum Gasteiger partial charge on any atom is -0.508 e. The van der Waals surface area contributed by atoms with E-state index in [0.717, 1.165) is 96.0 Å². The zero-order chi connectivity index (χ0) is 36.1. The summed E-state index contributed by atoms with van der Waals surface area (Å²) in [7, 11) is 0. The van der Waals surface area contributed by atoms with Gasteiger partial charge >= 0.3 is 0 Å². The molecule has 4 fully saturated rings. The molecule has 5 heterocycles. The molecular formula is C43H51N5O5. The summed E-state index contributed by atoms with van der Waals surface area (Å²) in [6.07, 6.45) is 7.39. The van der Waals surface area contributed by atoms with Crippen molar-refractivity contribution < 1.29 is 24.2 Å². The summed E-state index contributed by atoms with van der Waals surface area (Å²) in [4.78, 5) is 46.5. The van der Waals surface area contributed by atoms with E-state index in [-0.39, 0.29) is 29.6 Å². The number of hydrogen-bond acceptors (Lipinski definition) is 8. The van der Waals surface area contributed by atoms with Crippen LogP contribution in [0.15, 0.2) is 60.7 Å². The standard InChI is InChI=1S/C43H51N5O5/c49-35-6-8-36-31(26-35)11-14-43(15-23-53-24-16-43)40(36)30-1-3-33(4-2-30)46-17-12-29(13-18-46)27-45-19-21-47(22-20-45)34-5-7-37-32(25-34)28-48(42(37)52)38-9-10-39(50)44-41(38)51/h1-8,25-26,29,38,40,49H,9-24,27-28H2,(H,44,50,51)/t38?,40-/m1/s1. The SMILES string of the molecule is O=C1CCC(N2Cc3cc(N4CCN(CC5CCN(c6ccc([C@@H]7c8ccc(O)cc8CCC78CCOCC8)cc6)CC5)CC4)ccc3C2=O)C(=O)N1. The highest BCUT2D eigenvalue weighted by atomic mass is 16.5. The average molecular weight is 718 g/mol. The van der Waals surface area contributed by atoms with Gasteiger partial charge in [-0.1, -0.05) is 18.2 Å². The Labute approximate surface area is 312 Å². The van der Waals surface area contributed by atoms with Crippen LogP contribution in [0.3, 0.4) is 0 Å². The molecule has 53 heavy (non-hydrogen) atoms. The summed E-state index contributed by atoms with van der Waals surface area (Å²) >= 11 is 0. The van der Waals surface area contributed by atoms with E-state index in [2.05, 4.69) is 56.4 Å². The number of imide groups is 1. The van der Waals surface area contributed by atoms with Gasteiger partial charge in [0.05, 0.1) is 0 Å². The van der Waals surface area contributed by atoms with Crippen LogP contribution in [0.1, 0.15) is 83.5 Å². The van der Waals surface area contributed by atoms with Gasteiger partial charge in [0.1, 0.15) is 11.8 Å². The molecule has 2 N–H and O–H groups in total. The summed E-state index contributed by atoms with van der Waals surface area (Å²) in [5, 5.41) is 12.6. The molecule has 278 valence electrons. The van der Waals surface area contributed by atoms with E-state index in [1.54, 1.807) is 4.90 Å². The summed E-state index contributed by atoms with van der Waals surface area (Å²) in [5.41, 5.74) is 8.36. The molecule has 0 aromatic heterocycles. The smallest absolute Gasteiger partial charge is 0.255 e. The number of nitrogens with zero attached hydrogens (tertiary/aromatic N) is 4. The van der Waals surface area contributed by atoms with Crippen LogP contribution in [-0.2, 0) is 27.3 Å². The number of fused-ring (bicyclic) bond motifs is 2. The normalized spacial score (nSPS) is 25.1. The molecular weight excluding hydrogens is 667 g/mol. The molecule has 2 atom stereocenters. The quantitative estimate of drug-likeness (QED) is 0.341. The molecule has 10 nitrogen and oxygen atoms in total. The van der Waals surface area contributed by atoms with Crippen LogP contribution in [0, 0.1) is 11.3 Å². The highest BCUT2D eigenvalue weighted by molar-refractivity contribution is 6.05. The van der Waals surface area contributed by atoms with Gasteiger partial charge in [0.15, 0.2) is 0 Å². The molecule has 0 saturated carbocycles. The van der Waals surface area contributed by atoms with Crippen LogP contribution in [0.2, 0.25) is 0 Å². The first-order valence-electron chi connectivity index (χ1n) is 19.8. The van der Waals surface area contributed by atoms with Crippen LogP contribution in [-0.4, -0.2) is 97.7 Å². The lowest BCUT2D eigenvalue weighted by Gasteiger charge is -2.48. The minimum atomic E-state index is -0.584. The fourth-order valence-electron chi connectivity index (χ4n) is 10.4. The zero-order valence-electron chi connectivity index (χ0n) is 30.6. The van der Waals surface area contributed by atoms with Crippen molar-refractivity contribution >= 4 is 29.1 Å².